The highest BCUT2D eigenvalue weighted by Crippen LogP contribution is 2.29. The van der Waals surface area contributed by atoms with Crippen molar-refractivity contribution in [2.24, 2.45) is 5.92 Å². The van der Waals surface area contributed by atoms with Crippen molar-refractivity contribution in [3.05, 3.63) is 22.5 Å². The van der Waals surface area contributed by atoms with Gasteiger partial charge in [0.15, 0.2) is 0 Å². The Morgan fingerprint density at radius 1 is 1.29 bits per heavy atom. The van der Waals surface area contributed by atoms with Crippen molar-refractivity contribution in [1.29, 1.82) is 0 Å². The molecule has 2 rings (SSSR count). The summed E-state index contributed by atoms with van der Waals surface area (Å²) >= 11 is 0. The Balaban J connectivity index is 2.28. The van der Waals surface area contributed by atoms with Gasteiger partial charge in [0.1, 0.15) is 5.69 Å². The van der Waals surface area contributed by atoms with Crippen LogP contribution in [-0.4, -0.2) is 34.9 Å². The molecule has 0 saturated heterocycles. The van der Waals surface area contributed by atoms with Gasteiger partial charge >= 0.3 is 5.97 Å². The molecule has 5 heteroatoms. The van der Waals surface area contributed by atoms with E-state index in [0.717, 1.165) is 48.9 Å². The van der Waals surface area contributed by atoms with E-state index in [-0.39, 0.29) is 23.8 Å². The standard InChI is InChI=1S/C19H30N2O3/c1-6-12(2)21(18(22)15-9-7-8-10-15)11-16-13(3)17(19(23)24-5)20-14(16)4/h12,15,20H,6-11H2,1-5H3/t12-/m0/s1. The van der Waals surface area contributed by atoms with Gasteiger partial charge in [-0.3, -0.25) is 4.79 Å². The third kappa shape index (κ3) is 3.65. The number of methoxy groups -OCH3 is 1. The lowest BCUT2D eigenvalue weighted by Gasteiger charge is -2.31. The maximum atomic E-state index is 13.0. The van der Waals surface area contributed by atoms with Crippen molar-refractivity contribution < 1.29 is 14.3 Å². The number of esters is 1. The summed E-state index contributed by atoms with van der Waals surface area (Å²) in [5.41, 5.74) is 3.33. The summed E-state index contributed by atoms with van der Waals surface area (Å²) in [5, 5.41) is 0. The van der Waals surface area contributed by atoms with E-state index in [2.05, 4.69) is 18.8 Å². The van der Waals surface area contributed by atoms with Crippen LogP contribution >= 0.6 is 0 Å². The first-order valence-corrected chi connectivity index (χ1v) is 8.97. The van der Waals surface area contributed by atoms with E-state index in [0.29, 0.717) is 12.2 Å². The SMILES string of the molecule is CC[C@H](C)N(Cc1c(C)[nH]c(C(=O)OC)c1C)C(=O)C1CCCC1. The molecule has 0 bridgehead atoms. The zero-order valence-corrected chi connectivity index (χ0v) is 15.6. The Morgan fingerprint density at radius 2 is 1.92 bits per heavy atom. The van der Waals surface area contributed by atoms with E-state index in [9.17, 15) is 9.59 Å². The Kier molecular flexibility index (Phi) is 6.08. The van der Waals surface area contributed by atoms with Gasteiger partial charge in [0.25, 0.3) is 0 Å². The molecular formula is C19H30N2O3. The molecule has 0 aliphatic heterocycles. The van der Waals surface area contributed by atoms with Crippen LogP contribution in [0.4, 0.5) is 0 Å². The quantitative estimate of drug-likeness (QED) is 0.806. The topological polar surface area (TPSA) is 62.4 Å². The minimum absolute atomic E-state index is 0.165. The minimum atomic E-state index is -0.362. The lowest BCUT2D eigenvalue weighted by atomic mass is 10.0. The number of rotatable bonds is 6. The number of aryl methyl sites for hydroxylation is 1. The summed E-state index contributed by atoms with van der Waals surface area (Å²) in [6, 6.07) is 0.188. The van der Waals surface area contributed by atoms with E-state index in [4.69, 9.17) is 4.74 Å². The molecule has 1 heterocycles. The van der Waals surface area contributed by atoms with Crippen molar-refractivity contribution in [2.75, 3.05) is 7.11 Å². The van der Waals surface area contributed by atoms with E-state index in [1.165, 1.54) is 7.11 Å². The summed E-state index contributed by atoms with van der Waals surface area (Å²) in [4.78, 5) is 30.0. The first-order chi connectivity index (χ1) is 11.4. The number of ether oxygens (including phenoxy) is 1. The van der Waals surface area contributed by atoms with Gasteiger partial charge in [-0.15, -0.1) is 0 Å². The van der Waals surface area contributed by atoms with Crippen molar-refractivity contribution in [2.45, 2.75) is 72.4 Å². The number of amides is 1. The number of hydrogen-bond acceptors (Lipinski definition) is 3. The van der Waals surface area contributed by atoms with Gasteiger partial charge in [0.05, 0.1) is 7.11 Å². The normalized spacial score (nSPS) is 16.2. The van der Waals surface area contributed by atoms with Gasteiger partial charge in [-0.2, -0.15) is 0 Å². The van der Waals surface area contributed by atoms with Crippen LogP contribution in [-0.2, 0) is 16.1 Å². The van der Waals surface area contributed by atoms with E-state index in [1.807, 2.05) is 18.7 Å². The van der Waals surface area contributed by atoms with E-state index >= 15 is 0 Å². The average molecular weight is 334 g/mol. The third-order valence-electron chi connectivity index (χ3n) is 5.42. The second-order valence-corrected chi connectivity index (χ2v) is 6.92. The van der Waals surface area contributed by atoms with Gasteiger partial charge in [0.2, 0.25) is 5.91 Å². The maximum absolute atomic E-state index is 13.0. The van der Waals surface area contributed by atoms with Crippen LogP contribution in [0.2, 0.25) is 0 Å². The monoisotopic (exact) mass is 334 g/mol. The Labute approximate surface area is 144 Å². The Bertz CT molecular complexity index is 600. The molecular weight excluding hydrogens is 304 g/mol. The Hall–Kier alpha value is -1.78. The molecule has 5 nitrogen and oxygen atoms in total. The molecule has 1 fully saturated rings. The molecule has 1 aromatic rings. The predicted octanol–water partition coefficient (Wildman–Crippen LogP) is 3.74. The van der Waals surface area contributed by atoms with Crippen LogP contribution in [0.3, 0.4) is 0 Å². The molecule has 0 unspecified atom stereocenters. The van der Waals surface area contributed by atoms with Crippen LogP contribution < -0.4 is 0 Å². The van der Waals surface area contributed by atoms with E-state index < -0.39 is 0 Å². The van der Waals surface area contributed by atoms with Gasteiger partial charge in [0, 0.05) is 24.2 Å². The fourth-order valence-corrected chi connectivity index (χ4v) is 3.58. The summed E-state index contributed by atoms with van der Waals surface area (Å²) in [5.74, 6) is 0.0687. The second-order valence-electron chi connectivity index (χ2n) is 6.92. The van der Waals surface area contributed by atoms with Crippen LogP contribution in [0.15, 0.2) is 0 Å². The minimum Gasteiger partial charge on any atom is -0.464 e. The number of carbonyl (C=O) groups excluding carboxylic acids is 2. The summed E-state index contributed by atoms with van der Waals surface area (Å²) in [6.07, 6.45) is 5.23. The van der Waals surface area contributed by atoms with Gasteiger partial charge in [-0.1, -0.05) is 19.8 Å². The highest BCUT2D eigenvalue weighted by atomic mass is 16.5. The number of nitrogens with zero attached hydrogens (tertiary/aromatic N) is 1. The first-order valence-electron chi connectivity index (χ1n) is 8.97. The van der Waals surface area contributed by atoms with Gasteiger partial charge < -0.3 is 14.6 Å². The molecule has 1 aromatic heterocycles. The summed E-state index contributed by atoms with van der Waals surface area (Å²) in [6.45, 7) is 8.63. The van der Waals surface area contributed by atoms with Crippen molar-refractivity contribution in [3.63, 3.8) is 0 Å². The summed E-state index contributed by atoms with van der Waals surface area (Å²) < 4.78 is 4.84. The van der Waals surface area contributed by atoms with Crippen LogP contribution in [0.5, 0.6) is 0 Å². The molecule has 1 N–H and O–H groups in total. The smallest absolute Gasteiger partial charge is 0.354 e. The summed E-state index contributed by atoms with van der Waals surface area (Å²) in [7, 11) is 1.38. The largest absolute Gasteiger partial charge is 0.464 e. The fourth-order valence-electron chi connectivity index (χ4n) is 3.58. The molecule has 1 amide bonds. The Morgan fingerprint density at radius 3 is 2.46 bits per heavy atom. The number of aromatic nitrogens is 1. The number of carbonyl (C=O) groups is 2. The first kappa shape index (κ1) is 18.6. The molecule has 0 aromatic carbocycles. The highest BCUT2D eigenvalue weighted by molar-refractivity contribution is 5.89. The molecule has 24 heavy (non-hydrogen) atoms. The van der Waals surface area contributed by atoms with Crippen LogP contribution in [0.25, 0.3) is 0 Å². The van der Waals surface area contributed by atoms with Gasteiger partial charge in [-0.25, -0.2) is 4.79 Å². The number of aromatic amines is 1. The zero-order chi connectivity index (χ0) is 17.9. The molecule has 1 atom stereocenters. The van der Waals surface area contributed by atoms with E-state index in [1.54, 1.807) is 0 Å². The van der Waals surface area contributed by atoms with Crippen molar-refractivity contribution in [3.8, 4) is 0 Å². The number of hydrogen-bond donors (Lipinski definition) is 1. The average Bonchev–Trinajstić information content (AvgIpc) is 3.20. The third-order valence-corrected chi connectivity index (χ3v) is 5.42. The molecule has 134 valence electrons. The number of H-pyrrole nitrogens is 1. The molecule has 1 aliphatic rings. The number of nitrogens with one attached hydrogen (secondary N) is 1. The predicted molar refractivity (Wildman–Crippen MR) is 93.9 cm³/mol. The molecule has 1 aliphatic carbocycles. The van der Waals surface area contributed by atoms with Gasteiger partial charge in [-0.05, 0) is 51.2 Å². The van der Waals surface area contributed by atoms with Crippen molar-refractivity contribution >= 4 is 11.9 Å². The van der Waals surface area contributed by atoms with Crippen molar-refractivity contribution in [1.82, 2.24) is 9.88 Å². The highest BCUT2D eigenvalue weighted by Gasteiger charge is 2.30. The maximum Gasteiger partial charge on any atom is 0.354 e. The molecule has 0 spiro atoms. The molecule has 0 radical (unpaired) electrons. The lowest BCUT2D eigenvalue weighted by molar-refractivity contribution is -0.138. The molecule has 1 saturated carbocycles. The second kappa shape index (κ2) is 7.86. The van der Waals surface area contributed by atoms with Crippen LogP contribution in [0.1, 0.15) is 73.3 Å². The van der Waals surface area contributed by atoms with Crippen LogP contribution in [0, 0.1) is 19.8 Å². The zero-order valence-electron chi connectivity index (χ0n) is 15.6. The lowest BCUT2D eigenvalue weighted by Crippen LogP contribution is -2.41. The fraction of sp³-hybridized carbons (Fsp3) is 0.684.